The number of urea groups is 1. The van der Waals surface area contributed by atoms with Gasteiger partial charge < -0.3 is 65.9 Å². The molecule has 3 fully saturated rings. The predicted octanol–water partition coefficient (Wildman–Crippen LogP) is 7.23. The zero-order valence-electron chi connectivity index (χ0n) is 63.0. The molecule has 0 aromatic heterocycles. The van der Waals surface area contributed by atoms with Gasteiger partial charge in [-0.15, -0.1) is 0 Å². The molecule has 2 aliphatic heterocycles. The maximum absolute atomic E-state index is 15.0. The van der Waals surface area contributed by atoms with E-state index in [1.165, 1.54) is 26.2 Å². The van der Waals surface area contributed by atoms with E-state index in [0.717, 1.165) is 32.5 Å². The van der Waals surface area contributed by atoms with Crippen molar-refractivity contribution in [2.24, 2.45) is 53.1 Å². The van der Waals surface area contributed by atoms with Gasteiger partial charge >= 0.3 is 18.1 Å². The molecule has 2 heterocycles. The van der Waals surface area contributed by atoms with Crippen LogP contribution in [-0.4, -0.2) is 207 Å². The lowest BCUT2D eigenvalue weighted by molar-refractivity contribution is -0.149. The number of sulfonamides is 1. The van der Waals surface area contributed by atoms with Crippen LogP contribution in [0.15, 0.2) is 54.6 Å². The number of rotatable bonds is 44. The maximum Gasteiger partial charge on any atom is 0.410 e. The van der Waals surface area contributed by atoms with Gasteiger partial charge in [0.05, 0.1) is 59.9 Å². The lowest BCUT2D eigenvalue weighted by Gasteiger charge is -2.41. The Labute approximate surface area is 609 Å². The van der Waals surface area contributed by atoms with Crippen LogP contribution in [0.3, 0.4) is 0 Å². The van der Waals surface area contributed by atoms with Crippen molar-refractivity contribution < 1.29 is 80.5 Å². The van der Waals surface area contributed by atoms with Gasteiger partial charge in [-0.05, 0) is 131 Å². The molecule has 28 heteroatoms. The molecule has 1 saturated carbocycles. The van der Waals surface area contributed by atoms with Crippen molar-refractivity contribution in [3.8, 4) is 0 Å². The SMILES string of the molecule is CC[C@H](C)[C@@H]([C@@H](CC(=O)N1CCC[C@H]1[C@H](OC)[C@@H](C)C(=O)N[C@@H](Cc1ccccc1)C(=O)NS(=O)(=O)C1CC1)OC)N(C)C(=O)[C@@H](CC(=O)[C@H](C(C)C)N(C)C(=O)OCc1ccc(NC(=O)[C@H](CCCNC(N)=O)CC(=O)[C@@H](NC(=O)CCCCCN2CCC(C(=O)O)CC2)C(C)C)cc1)C(C)C. The number of aliphatic carboxylic acids is 1. The van der Waals surface area contributed by atoms with Gasteiger partial charge in [0.25, 0.3) is 5.91 Å². The van der Waals surface area contributed by atoms with E-state index in [1.807, 2.05) is 41.5 Å². The molecule has 0 spiro atoms. The zero-order valence-corrected chi connectivity index (χ0v) is 63.8. The summed E-state index contributed by atoms with van der Waals surface area (Å²) in [7, 11) is 2.13. The third kappa shape index (κ3) is 26.5. The average Bonchev–Trinajstić information content (AvgIpc) is 1.47. The van der Waals surface area contributed by atoms with E-state index >= 15 is 0 Å². The van der Waals surface area contributed by atoms with Gasteiger partial charge in [0, 0.05) is 84.6 Å². The maximum atomic E-state index is 15.0. The first-order valence-corrected chi connectivity index (χ1v) is 38.4. The summed E-state index contributed by atoms with van der Waals surface area (Å²) in [4.78, 5) is 156. The molecular formula is C75H118N10O17S. The number of unbranched alkanes of at least 4 members (excludes halogenated alkanes) is 2. The number of primary amides is 1. The Kier molecular flexibility index (Phi) is 34.9. The summed E-state index contributed by atoms with van der Waals surface area (Å²) in [5.41, 5.74) is 6.93. The molecule has 2 aromatic rings. The van der Waals surface area contributed by atoms with Crippen LogP contribution in [-0.2, 0) is 80.4 Å². The van der Waals surface area contributed by atoms with Crippen LogP contribution in [0.5, 0.6) is 0 Å². The van der Waals surface area contributed by atoms with Crippen molar-refractivity contribution in [3.05, 3.63) is 65.7 Å². The second kappa shape index (κ2) is 41.8. The number of benzene rings is 2. The topological polar surface area (TPSA) is 369 Å². The van der Waals surface area contributed by atoms with Crippen LogP contribution >= 0.6 is 0 Å². The molecule has 0 unspecified atom stereocenters. The van der Waals surface area contributed by atoms with Gasteiger partial charge in [0.1, 0.15) is 12.6 Å². The number of carbonyl (C=O) groups is 11. The first-order chi connectivity index (χ1) is 48.7. The number of anilines is 1. The molecule has 0 bridgehead atoms. The van der Waals surface area contributed by atoms with Crippen molar-refractivity contribution >= 4 is 80.8 Å². The summed E-state index contributed by atoms with van der Waals surface area (Å²) in [6.07, 6.45) is 3.90. The van der Waals surface area contributed by atoms with Gasteiger partial charge in [-0.25, -0.2) is 18.0 Å². The molecule has 9 amide bonds. The van der Waals surface area contributed by atoms with Gasteiger partial charge in [-0.2, -0.15) is 0 Å². The molecule has 103 heavy (non-hydrogen) atoms. The van der Waals surface area contributed by atoms with Crippen LogP contribution in [0.1, 0.15) is 176 Å². The van der Waals surface area contributed by atoms with E-state index in [2.05, 4.69) is 30.9 Å². The monoisotopic (exact) mass is 1460 g/mol. The van der Waals surface area contributed by atoms with E-state index in [4.69, 9.17) is 19.9 Å². The minimum absolute atomic E-state index is 0.0234. The Bertz CT molecular complexity index is 3250. The van der Waals surface area contributed by atoms with Crippen molar-refractivity contribution in [1.82, 2.24) is 40.3 Å². The van der Waals surface area contributed by atoms with E-state index in [0.29, 0.717) is 81.1 Å². The number of carboxylic acid groups (broad SMARTS) is 1. The largest absolute Gasteiger partial charge is 0.481 e. The number of hydrogen-bond donors (Lipinski definition) is 7. The summed E-state index contributed by atoms with van der Waals surface area (Å²) in [6.45, 7) is 19.1. The third-order valence-electron chi connectivity index (χ3n) is 20.7. The highest BCUT2D eigenvalue weighted by Crippen LogP contribution is 2.33. The fraction of sp³-hybridized carbons (Fsp3) is 0.693. The van der Waals surface area contributed by atoms with Gasteiger partial charge in [0.2, 0.25) is 39.6 Å². The van der Waals surface area contributed by atoms with E-state index < -0.39 is 117 Å². The minimum Gasteiger partial charge on any atom is -0.481 e. The van der Waals surface area contributed by atoms with Gasteiger partial charge in [-0.1, -0.05) is 118 Å². The number of Topliss-reactive ketones (excluding diaryl/α,β-unsaturated/α-hetero) is 2. The molecule has 3 aliphatic rings. The summed E-state index contributed by atoms with van der Waals surface area (Å²) in [6, 6.07) is 10.4. The molecule has 5 rings (SSSR count). The number of ketones is 2. The number of nitrogens with two attached hydrogens (primary N) is 1. The summed E-state index contributed by atoms with van der Waals surface area (Å²) in [5.74, 6) is -8.32. The van der Waals surface area contributed by atoms with Crippen LogP contribution in [0.2, 0.25) is 0 Å². The first-order valence-electron chi connectivity index (χ1n) is 36.9. The normalized spacial score (nSPS) is 18.1. The number of carbonyl (C=O) groups excluding carboxylic acids is 10. The van der Waals surface area contributed by atoms with Crippen molar-refractivity contribution in [2.45, 2.75) is 226 Å². The van der Waals surface area contributed by atoms with Crippen LogP contribution in [0.25, 0.3) is 0 Å². The number of nitrogens with zero attached hydrogens (tertiary/aromatic N) is 4. The first kappa shape index (κ1) is 86.1. The van der Waals surface area contributed by atoms with E-state index in [-0.39, 0.29) is 105 Å². The molecule has 2 saturated heterocycles. The number of hydrogen-bond acceptors (Lipinski definition) is 17. The van der Waals surface area contributed by atoms with Crippen LogP contribution in [0.4, 0.5) is 15.3 Å². The molecule has 0 radical (unpaired) electrons. The highest BCUT2D eigenvalue weighted by Gasteiger charge is 2.45. The number of nitrogens with one attached hydrogen (secondary N) is 5. The number of carboxylic acids is 1. The van der Waals surface area contributed by atoms with Crippen molar-refractivity contribution in [3.63, 3.8) is 0 Å². The number of amides is 9. The Morgan fingerprint density at radius 3 is 1.93 bits per heavy atom. The average molecular weight is 1460 g/mol. The van der Waals surface area contributed by atoms with Crippen molar-refractivity contribution in [1.29, 1.82) is 0 Å². The standard InChI is InChI=1S/C75H118N10O17S/c1-14-49(8)67(62(100-12)44-64(89)85-38-22-26-59(85)68(101-13)50(9)69(90)79-58(41-51-23-17-15-18-24-51)71(92)81-103(98,99)56-32-33-56)82(10)72(93)57(46(2)3)43-61(87)66(48(6)7)83(11)75(97)102-45-52-28-30-55(31-29-52)78-70(91)54(25-21-36-77-74(76)96)42-60(86)65(47(4)5)80-63(88)27-19-16-20-37-84-39-34-53(35-40-84)73(94)95/h15,17-18,23-24,28-31,46-50,53-54,56-59,62,65-68H,14,16,19-22,25-27,32-45H2,1-13H3,(H,78,91)(H,79,90)(H,80,88)(H,81,92)(H,94,95)(H3,76,77,96)/t49-,50+,54+,57-,58-,59-,62+,65-,66-,67-,68+/m0/s1. The Morgan fingerprint density at radius 1 is 0.699 bits per heavy atom. The second-order valence-corrected chi connectivity index (χ2v) is 31.4. The third-order valence-corrected chi connectivity index (χ3v) is 22.5. The smallest absolute Gasteiger partial charge is 0.410 e. The molecule has 11 atom stereocenters. The fourth-order valence-corrected chi connectivity index (χ4v) is 15.5. The molecule has 8 N–H and O–H groups in total. The van der Waals surface area contributed by atoms with Crippen LogP contribution in [0, 0.1) is 47.3 Å². The lowest BCUT2D eigenvalue weighted by Crippen LogP contribution is -2.55. The molecule has 576 valence electrons. The highest BCUT2D eigenvalue weighted by molar-refractivity contribution is 7.91. The number of piperidine rings is 1. The summed E-state index contributed by atoms with van der Waals surface area (Å²) >= 11 is 0. The zero-order chi connectivity index (χ0) is 76.4. The van der Waals surface area contributed by atoms with E-state index in [1.54, 1.807) is 92.2 Å². The molecule has 27 nitrogen and oxygen atoms in total. The molecular weight excluding hydrogens is 1340 g/mol. The minimum atomic E-state index is -3.92. The second-order valence-electron chi connectivity index (χ2n) is 29.5. The van der Waals surface area contributed by atoms with Gasteiger partial charge in [-0.3, -0.25) is 47.9 Å². The number of ether oxygens (including phenoxy) is 3. The lowest BCUT2D eigenvalue weighted by atomic mass is 9.83. The summed E-state index contributed by atoms with van der Waals surface area (Å²) in [5, 5.41) is 19.7. The Morgan fingerprint density at radius 2 is 1.36 bits per heavy atom. The fourth-order valence-electron chi connectivity index (χ4n) is 14.2. The number of likely N-dealkylation sites (N-methyl/N-ethyl adjacent to an activating group) is 2. The molecule has 1 aliphatic carbocycles. The quantitative estimate of drug-likeness (QED) is 0.0322. The summed E-state index contributed by atoms with van der Waals surface area (Å²) < 4.78 is 45.8. The van der Waals surface area contributed by atoms with Crippen LogP contribution < -0.4 is 31.7 Å². The molecule has 2 aromatic carbocycles. The van der Waals surface area contributed by atoms with E-state index in [9.17, 15) is 66.3 Å². The predicted molar refractivity (Wildman–Crippen MR) is 390 cm³/mol. The number of likely N-dealkylation sites (tertiary alicyclic amines) is 2. The van der Waals surface area contributed by atoms with Gasteiger partial charge in [0.15, 0.2) is 11.6 Å². The Balaban J connectivity index is 1.18. The number of methoxy groups -OCH3 is 2. The Hall–Kier alpha value is -7.56. The van der Waals surface area contributed by atoms with Crippen molar-refractivity contribution in [2.75, 3.05) is 66.4 Å². The highest BCUT2D eigenvalue weighted by atomic mass is 32.2.